The molecular weight excluding hydrogens is 308 g/mol. The lowest BCUT2D eigenvalue weighted by Crippen LogP contribution is -2.26. The van der Waals surface area contributed by atoms with Crippen LogP contribution in [-0.4, -0.2) is 34.2 Å². The fourth-order valence-electron chi connectivity index (χ4n) is 2.70. The molecule has 2 aromatic heterocycles. The van der Waals surface area contributed by atoms with Gasteiger partial charge in [0.2, 0.25) is 0 Å². The first-order valence-corrected chi connectivity index (χ1v) is 7.96. The summed E-state index contributed by atoms with van der Waals surface area (Å²) in [6, 6.07) is 1.46. The average molecular weight is 332 g/mol. The highest BCUT2D eigenvalue weighted by Crippen LogP contribution is 2.13. The van der Waals surface area contributed by atoms with Gasteiger partial charge in [0.15, 0.2) is 0 Å². The maximum atomic E-state index is 12.5. The lowest BCUT2D eigenvalue weighted by Gasteiger charge is -2.13. The second-order valence-electron chi connectivity index (χ2n) is 5.55. The number of rotatable bonds is 7. The van der Waals surface area contributed by atoms with Crippen LogP contribution < -0.4 is 11.1 Å². The predicted octanol–water partition coefficient (Wildman–Crippen LogP) is 1.60. The van der Waals surface area contributed by atoms with E-state index < -0.39 is 0 Å². The maximum absolute atomic E-state index is 12.5. The summed E-state index contributed by atoms with van der Waals surface area (Å²) < 4.78 is 8.20. The number of fused-ring (bicyclic) bond motifs is 1. The smallest absolute Gasteiger partial charge is 0.275 e. The minimum atomic E-state index is -0.166. The van der Waals surface area contributed by atoms with E-state index in [0.717, 1.165) is 12.1 Å². The molecule has 0 bridgehead atoms. The summed E-state index contributed by atoms with van der Waals surface area (Å²) in [5.74, 6) is 0. The summed E-state index contributed by atoms with van der Waals surface area (Å²) in [4.78, 5) is 29.1. The number of nitrogens with zero attached hydrogens (tertiary/aromatic N) is 3. The molecular formula is C17H24N4O3. The molecule has 7 nitrogen and oxygen atoms in total. The van der Waals surface area contributed by atoms with Gasteiger partial charge in [0.1, 0.15) is 0 Å². The van der Waals surface area contributed by atoms with Crippen LogP contribution in [0.15, 0.2) is 32.8 Å². The minimum absolute atomic E-state index is 0.161. The number of aliphatic imine (C=N–C) groups is 1. The zero-order chi connectivity index (χ0) is 17.7. The maximum Gasteiger partial charge on any atom is 0.275 e. The van der Waals surface area contributed by atoms with Crippen molar-refractivity contribution in [3.63, 3.8) is 0 Å². The van der Waals surface area contributed by atoms with E-state index in [1.807, 2.05) is 12.2 Å². The van der Waals surface area contributed by atoms with Crippen LogP contribution in [0.2, 0.25) is 0 Å². The summed E-state index contributed by atoms with van der Waals surface area (Å²) >= 11 is 0. The third-order valence-electron chi connectivity index (χ3n) is 3.93. The van der Waals surface area contributed by atoms with Crippen molar-refractivity contribution in [1.82, 2.24) is 14.3 Å². The topological polar surface area (TPSA) is 81.4 Å². The second kappa shape index (κ2) is 7.92. The Balaban J connectivity index is 2.49. The van der Waals surface area contributed by atoms with E-state index in [2.05, 4.69) is 17.0 Å². The number of aromatic nitrogens is 3. The molecule has 2 aromatic rings. The molecule has 0 amide bonds. The molecule has 2 heterocycles. The van der Waals surface area contributed by atoms with Crippen LogP contribution in [-0.2, 0) is 24.9 Å². The van der Waals surface area contributed by atoms with Crippen LogP contribution >= 0.6 is 0 Å². The highest BCUT2D eigenvalue weighted by atomic mass is 16.5. The fraction of sp³-hybridized carbons (Fsp3) is 0.471. The number of methoxy groups -OCH3 is 1. The third-order valence-corrected chi connectivity index (χ3v) is 3.93. The lowest BCUT2D eigenvalue weighted by molar-refractivity contribution is 0.178. The van der Waals surface area contributed by atoms with E-state index >= 15 is 0 Å². The highest BCUT2D eigenvalue weighted by molar-refractivity contribution is 5.94. The minimum Gasteiger partial charge on any atom is -0.378 e. The average Bonchev–Trinajstić information content (AvgIpc) is 2.83. The fourth-order valence-corrected chi connectivity index (χ4v) is 2.70. The standard InChI is InChI=1S/C17H24N4O3/c1-5-6-7-12(18-2)8-9-21-14(11-24-4)16-13(10-15(21)22)19-20(3)17(16)23/h6-7,10,19H,5,8-9,11H2,1-4H3/b7-6-,18-12?. The summed E-state index contributed by atoms with van der Waals surface area (Å²) in [5.41, 5.74) is 1.71. The third kappa shape index (κ3) is 3.56. The van der Waals surface area contributed by atoms with Crippen molar-refractivity contribution >= 4 is 16.6 Å². The van der Waals surface area contributed by atoms with Gasteiger partial charge in [-0.1, -0.05) is 13.0 Å². The van der Waals surface area contributed by atoms with Crippen molar-refractivity contribution in [2.45, 2.75) is 32.9 Å². The van der Waals surface area contributed by atoms with Crippen LogP contribution in [0, 0.1) is 0 Å². The molecule has 0 radical (unpaired) electrons. The number of H-pyrrole nitrogens is 1. The number of hydrogen-bond donors (Lipinski definition) is 1. The Labute approximate surface area is 140 Å². The van der Waals surface area contributed by atoms with Gasteiger partial charge in [0.25, 0.3) is 11.1 Å². The van der Waals surface area contributed by atoms with Crippen molar-refractivity contribution in [2.75, 3.05) is 14.2 Å². The molecule has 0 aliphatic rings. The molecule has 1 N–H and O–H groups in total. The van der Waals surface area contributed by atoms with Gasteiger partial charge in [-0.25, -0.2) is 0 Å². The molecule has 0 saturated heterocycles. The molecule has 2 rings (SSSR count). The molecule has 0 saturated carbocycles. The molecule has 0 fully saturated rings. The molecule has 0 aliphatic heterocycles. The summed E-state index contributed by atoms with van der Waals surface area (Å²) in [7, 11) is 4.91. The molecule has 0 atom stereocenters. The van der Waals surface area contributed by atoms with Crippen molar-refractivity contribution in [3.05, 3.63) is 44.6 Å². The molecule has 0 unspecified atom stereocenters. The number of pyridine rings is 1. The van der Waals surface area contributed by atoms with Crippen molar-refractivity contribution in [2.24, 2.45) is 12.0 Å². The van der Waals surface area contributed by atoms with Gasteiger partial charge >= 0.3 is 0 Å². The molecule has 0 spiro atoms. The molecule has 0 aliphatic carbocycles. The first kappa shape index (κ1) is 17.9. The quantitative estimate of drug-likeness (QED) is 0.782. The Bertz CT molecular complexity index is 884. The molecule has 7 heteroatoms. The van der Waals surface area contributed by atoms with Crippen molar-refractivity contribution in [3.8, 4) is 0 Å². The van der Waals surface area contributed by atoms with Gasteiger partial charge in [-0.3, -0.25) is 24.4 Å². The van der Waals surface area contributed by atoms with Crippen LogP contribution in [0.25, 0.3) is 10.9 Å². The van der Waals surface area contributed by atoms with Crippen LogP contribution in [0.1, 0.15) is 25.5 Å². The van der Waals surface area contributed by atoms with E-state index in [-0.39, 0.29) is 17.7 Å². The Morgan fingerprint density at radius 2 is 2.17 bits per heavy atom. The zero-order valence-electron chi connectivity index (χ0n) is 14.6. The number of aromatic amines is 1. The summed E-state index contributed by atoms with van der Waals surface area (Å²) in [6.07, 6.45) is 5.54. The van der Waals surface area contributed by atoms with E-state index in [4.69, 9.17) is 4.74 Å². The molecule has 130 valence electrons. The van der Waals surface area contributed by atoms with Gasteiger partial charge in [-0.15, -0.1) is 0 Å². The van der Waals surface area contributed by atoms with Crippen LogP contribution in [0.3, 0.4) is 0 Å². The highest BCUT2D eigenvalue weighted by Gasteiger charge is 2.16. The van der Waals surface area contributed by atoms with Crippen LogP contribution in [0.4, 0.5) is 0 Å². The zero-order valence-corrected chi connectivity index (χ0v) is 14.6. The Kier molecular flexibility index (Phi) is 5.92. The van der Waals surface area contributed by atoms with Crippen molar-refractivity contribution in [1.29, 1.82) is 0 Å². The Morgan fingerprint density at radius 1 is 1.42 bits per heavy atom. The van der Waals surface area contributed by atoms with Crippen LogP contribution in [0.5, 0.6) is 0 Å². The van der Waals surface area contributed by atoms with Gasteiger partial charge in [-0.05, 0) is 12.5 Å². The van der Waals surface area contributed by atoms with E-state index in [1.54, 1.807) is 25.8 Å². The first-order chi connectivity index (χ1) is 11.5. The van der Waals surface area contributed by atoms with E-state index in [1.165, 1.54) is 10.7 Å². The Morgan fingerprint density at radius 3 is 2.79 bits per heavy atom. The van der Waals surface area contributed by atoms with E-state index in [0.29, 0.717) is 29.6 Å². The number of ether oxygens (including phenoxy) is 1. The van der Waals surface area contributed by atoms with Gasteiger partial charge in [-0.2, -0.15) is 0 Å². The van der Waals surface area contributed by atoms with E-state index in [9.17, 15) is 9.59 Å². The summed E-state index contributed by atoms with van der Waals surface area (Å²) in [6.45, 7) is 2.70. The van der Waals surface area contributed by atoms with Gasteiger partial charge < -0.3 is 9.30 Å². The molecule has 24 heavy (non-hydrogen) atoms. The normalized spacial score (nSPS) is 12.6. The lowest BCUT2D eigenvalue weighted by atomic mass is 10.2. The molecule has 0 aromatic carbocycles. The largest absolute Gasteiger partial charge is 0.378 e. The number of hydrogen-bond acceptors (Lipinski definition) is 4. The predicted molar refractivity (Wildman–Crippen MR) is 95.9 cm³/mol. The monoisotopic (exact) mass is 332 g/mol. The Hall–Kier alpha value is -2.41. The number of nitrogens with one attached hydrogen (secondary N) is 1. The van der Waals surface area contributed by atoms with Gasteiger partial charge in [0, 0.05) is 45.9 Å². The summed E-state index contributed by atoms with van der Waals surface area (Å²) in [5, 5.41) is 3.40. The van der Waals surface area contributed by atoms with Gasteiger partial charge in [0.05, 0.1) is 23.2 Å². The van der Waals surface area contributed by atoms with Crippen molar-refractivity contribution < 1.29 is 4.74 Å². The number of aryl methyl sites for hydroxylation is 1. The first-order valence-electron chi connectivity index (χ1n) is 7.96. The second-order valence-corrected chi connectivity index (χ2v) is 5.55. The number of allylic oxidation sites excluding steroid dienone is 2. The SMILES string of the molecule is CC/C=C\C(CCn1c(COC)c2c(=O)n(C)[nH]c2cc1=O)=NC.